The van der Waals surface area contributed by atoms with Crippen LogP contribution in [0.1, 0.15) is 12.8 Å². The first-order valence-electron chi connectivity index (χ1n) is 7.52. The SMILES string of the molecule is NC(=O)[C@H]1CNCC[C@@H]1N1CCC1.O=C(O)C(F)(F)F.O=C(O)C(F)(F)F. The van der Waals surface area contributed by atoms with Crippen molar-refractivity contribution in [3.63, 3.8) is 0 Å². The van der Waals surface area contributed by atoms with Crippen molar-refractivity contribution in [1.82, 2.24) is 10.2 Å². The molecular formula is C13H19F6N3O5. The molecule has 0 aliphatic carbocycles. The van der Waals surface area contributed by atoms with Gasteiger partial charge in [0, 0.05) is 12.6 Å². The van der Waals surface area contributed by atoms with Gasteiger partial charge in [-0.25, -0.2) is 9.59 Å². The van der Waals surface area contributed by atoms with Gasteiger partial charge in [-0.05, 0) is 32.5 Å². The van der Waals surface area contributed by atoms with Gasteiger partial charge in [-0.3, -0.25) is 9.69 Å². The third-order valence-corrected chi connectivity index (χ3v) is 3.66. The van der Waals surface area contributed by atoms with Gasteiger partial charge in [0.1, 0.15) is 0 Å². The van der Waals surface area contributed by atoms with Gasteiger partial charge in [-0.15, -0.1) is 0 Å². The Hall–Kier alpha value is -2.09. The summed E-state index contributed by atoms with van der Waals surface area (Å²) >= 11 is 0. The van der Waals surface area contributed by atoms with Crippen molar-refractivity contribution in [2.45, 2.75) is 31.2 Å². The third-order valence-electron chi connectivity index (χ3n) is 3.66. The number of hydrogen-bond acceptors (Lipinski definition) is 5. The average Bonchev–Trinajstić information content (AvgIpc) is 2.45. The Labute approximate surface area is 149 Å². The van der Waals surface area contributed by atoms with Crippen molar-refractivity contribution in [2.75, 3.05) is 26.2 Å². The summed E-state index contributed by atoms with van der Waals surface area (Å²) in [6, 6.07) is 0.410. The number of primary amides is 1. The maximum absolute atomic E-state index is 11.2. The number of nitrogens with one attached hydrogen (secondary N) is 1. The first-order valence-corrected chi connectivity index (χ1v) is 7.52. The normalized spacial score (nSPS) is 22.9. The number of hydrogen-bond donors (Lipinski definition) is 4. The first kappa shape index (κ1) is 24.9. The summed E-state index contributed by atoms with van der Waals surface area (Å²) < 4.78 is 63.5. The Kier molecular flexibility index (Phi) is 9.50. The van der Waals surface area contributed by atoms with E-state index in [4.69, 9.17) is 25.5 Å². The average molecular weight is 411 g/mol. The van der Waals surface area contributed by atoms with Crippen LogP contribution < -0.4 is 11.1 Å². The Morgan fingerprint density at radius 1 is 0.963 bits per heavy atom. The van der Waals surface area contributed by atoms with Crippen LogP contribution in [0.15, 0.2) is 0 Å². The van der Waals surface area contributed by atoms with E-state index in [-0.39, 0.29) is 11.8 Å². The molecule has 2 aliphatic heterocycles. The number of carboxylic acid groups (broad SMARTS) is 2. The molecule has 0 unspecified atom stereocenters. The summed E-state index contributed by atoms with van der Waals surface area (Å²) in [6.45, 7) is 4.07. The van der Waals surface area contributed by atoms with Crippen molar-refractivity contribution >= 4 is 17.8 Å². The van der Waals surface area contributed by atoms with Gasteiger partial charge in [-0.1, -0.05) is 0 Å². The largest absolute Gasteiger partial charge is 0.490 e. The minimum Gasteiger partial charge on any atom is -0.475 e. The summed E-state index contributed by atoms with van der Waals surface area (Å²) in [4.78, 5) is 31.3. The highest BCUT2D eigenvalue weighted by Crippen LogP contribution is 2.22. The third kappa shape index (κ3) is 9.42. The molecule has 0 aromatic rings. The molecule has 2 fully saturated rings. The van der Waals surface area contributed by atoms with Crippen molar-refractivity contribution < 1.29 is 50.9 Å². The zero-order chi connectivity index (χ0) is 21.4. The number of amides is 1. The van der Waals surface area contributed by atoms with E-state index in [0.29, 0.717) is 6.04 Å². The second-order valence-corrected chi connectivity index (χ2v) is 5.56. The maximum Gasteiger partial charge on any atom is 0.490 e. The number of nitrogens with two attached hydrogens (primary N) is 1. The molecular weight excluding hydrogens is 392 g/mol. The maximum atomic E-state index is 11.2. The first-order chi connectivity index (χ1) is 12.2. The molecule has 27 heavy (non-hydrogen) atoms. The molecule has 1 amide bonds. The van der Waals surface area contributed by atoms with Crippen LogP contribution in [0.2, 0.25) is 0 Å². The molecule has 5 N–H and O–H groups in total. The van der Waals surface area contributed by atoms with E-state index in [1.54, 1.807) is 0 Å². The van der Waals surface area contributed by atoms with E-state index < -0.39 is 24.3 Å². The van der Waals surface area contributed by atoms with Crippen molar-refractivity contribution in [2.24, 2.45) is 11.7 Å². The highest BCUT2D eigenvalue weighted by Gasteiger charge is 2.39. The number of alkyl halides is 6. The molecule has 0 bridgehead atoms. The quantitative estimate of drug-likeness (QED) is 0.484. The lowest BCUT2D eigenvalue weighted by atomic mass is 9.89. The standard InChI is InChI=1S/C9H17N3O.2C2HF3O2/c10-9(13)7-6-11-3-2-8(7)12-4-1-5-12;2*3-2(4,5)1(6)7/h7-8,11H,1-6H2,(H2,10,13);2*(H,6,7)/t7-,8-;;/m0../s1. The number of carboxylic acids is 2. The second kappa shape index (κ2) is 10.3. The van der Waals surface area contributed by atoms with E-state index in [1.165, 1.54) is 6.42 Å². The fourth-order valence-electron chi connectivity index (χ4n) is 2.24. The molecule has 158 valence electrons. The van der Waals surface area contributed by atoms with Crippen molar-refractivity contribution in [1.29, 1.82) is 0 Å². The van der Waals surface area contributed by atoms with Gasteiger partial charge < -0.3 is 21.3 Å². The molecule has 2 heterocycles. The minimum absolute atomic E-state index is 0.0223. The van der Waals surface area contributed by atoms with Gasteiger partial charge in [-0.2, -0.15) is 26.3 Å². The predicted octanol–water partition coefficient (Wildman–Crippen LogP) is 0.422. The predicted molar refractivity (Wildman–Crippen MR) is 77.5 cm³/mol. The molecule has 2 aliphatic rings. The Balaban J connectivity index is 0.000000416. The number of likely N-dealkylation sites (tertiary alicyclic amines) is 1. The summed E-state index contributed by atoms with van der Waals surface area (Å²) in [7, 11) is 0. The van der Waals surface area contributed by atoms with Crippen molar-refractivity contribution in [3.8, 4) is 0 Å². The minimum atomic E-state index is -5.08. The number of carbonyl (C=O) groups is 3. The molecule has 8 nitrogen and oxygen atoms in total. The summed E-state index contributed by atoms with van der Waals surface area (Å²) in [5.41, 5.74) is 5.37. The van der Waals surface area contributed by atoms with Crippen LogP contribution in [0.5, 0.6) is 0 Å². The van der Waals surface area contributed by atoms with Crippen LogP contribution in [0, 0.1) is 5.92 Å². The molecule has 2 atom stereocenters. The monoisotopic (exact) mass is 411 g/mol. The van der Waals surface area contributed by atoms with Gasteiger partial charge in [0.05, 0.1) is 5.92 Å². The lowest BCUT2D eigenvalue weighted by Gasteiger charge is -2.43. The van der Waals surface area contributed by atoms with Crippen LogP contribution in [-0.2, 0) is 14.4 Å². The molecule has 0 aromatic carbocycles. The van der Waals surface area contributed by atoms with Crippen LogP contribution in [0.4, 0.5) is 26.3 Å². The molecule has 0 aromatic heterocycles. The molecule has 0 radical (unpaired) electrons. The Morgan fingerprint density at radius 3 is 1.63 bits per heavy atom. The second-order valence-electron chi connectivity index (χ2n) is 5.56. The fourth-order valence-corrected chi connectivity index (χ4v) is 2.24. The Morgan fingerprint density at radius 2 is 1.37 bits per heavy atom. The van der Waals surface area contributed by atoms with E-state index in [9.17, 15) is 31.1 Å². The lowest BCUT2D eigenvalue weighted by molar-refractivity contribution is -0.193. The lowest BCUT2D eigenvalue weighted by Crippen LogP contribution is -2.57. The van der Waals surface area contributed by atoms with E-state index in [2.05, 4.69) is 10.2 Å². The van der Waals surface area contributed by atoms with Crippen LogP contribution in [0.3, 0.4) is 0 Å². The number of halogens is 6. The molecule has 0 spiro atoms. The van der Waals surface area contributed by atoms with E-state index in [0.717, 1.165) is 32.6 Å². The summed E-state index contributed by atoms with van der Waals surface area (Å²) in [6.07, 6.45) is -7.83. The zero-order valence-corrected chi connectivity index (χ0v) is 13.8. The number of piperidine rings is 1. The van der Waals surface area contributed by atoms with Gasteiger partial charge in [0.25, 0.3) is 0 Å². The van der Waals surface area contributed by atoms with Gasteiger partial charge in [0.2, 0.25) is 5.91 Å². The van der Waals surface area contributed by atoms with Crippen LogP contribution in [0.25, 0.3) is 0 Å². The Bertz CT molecular complexity index is 498. The zero-order valence-electron chi connectivity index (χ0n) is 13.8. The fraction of sp³-hybridized carbons (Fsp3) is 0.769. The van der Waals surface area contributed by atoms with Gasteiger partial charge in [0.15, 0.2) is 0 Å². The number of carbonyl (C=O) groups excluding carboxylic acids is 1. The molecule has 14 heteroatoms. The van der Waals surface area contributed by atoms with Crippen LogP contribution in [-0.4, -0.2) is 77.5 Å². The summed E-state index contributed by atoms with van der Waals surface area (Å²) in [5, 5.41) is 17.5. The topological polar surface area (TPSA) is 133 Å². The molecule has 2 rings (SSSR count). The highest BCUT2D eigenvalue weighted by molar-refractivity contribution is 5.77. The smallest absolute Gasteiger partial charge is 0.475 e. The van der Waals surface area contributed by atoms with E-state index >= 15 is 0 Å². The van der Waals surface area contributed by atoms with Crippen molar-refractivity contribution in [3.05, 3.63) is 0 Å². The highest BCUT2D eigenvalue weighted by atomic mass is 19.4. The van der Waals surface area contributed by atoms with Gasteiger partial charge >= 0.3 is 24.3 Å². The number of rotatable bonds is 2. The number of aliphatic carboxylic acids is 2. The summed E-state index contributed by atoms with van der Waals surface area (Å²) in [5.74, 6) is -5.64. The molecule has 0 saturated carbocycles. The van der Waals surface area contributed by atoms with Crippen LogP contribution >= 0.6 is 0 Å². The van der Waals surface area contributed by atoms with E-state index in [1.807, 2.05) is 0 Å². The molecule has 2 saturated heterocycles. The number of nitrogens with zero attached hydrogens (tertiary/aromatic N) is 1.